The van der Waals surface area contributed by atoms with Crippen molar-refractivity contribution in [2.45, 2.75) is 25.1 Å². The molecule has 2 nitrogen and oxygen atoms in total. The predicted molar refractivity (Wildman–Crippen MR) is 47.9 cm³/mol. The summed E-state index contributed by atoms with van der Waals surface area (Å²) in [6, 6.07) is 0.865. The highest BCUT2D eigenvalue weighted by Gasteiger charge is 2.37. The summed E-state index contributed by atoms with van der Waals surface area (Å²) in [6.07, 6.45) is -2.06. The van der Waals surface area contributed by atoms with Crippen LogP contribution in [0.3, 0.4) is 0 Å². The molecule has 1 fully saturated rings. The van der Waals surface area contributed by atoms with Crippen molar-refractivity contribution in [2.24, 2.45) is 0 Å². The van der Waals surface area contributed by atoms with Gasteiger partial charge in [-0.25, -0.2) is 4.98 Å². The summed E-state index contributed by atoms with van der Waals surface area (Å²) < 4.78 is 42.7. The van der Waals surface area contributed by atoms with Gasteiger partial charge in [0.15, 0.2) is 10.9 Å². The lowest BCUT2D eigenvalue weighted by molar-refractivity contribution is -0.139. The first-order valence-corrected chi connectivity index (χ1v) is 4.74. The van der Waals surface area contributed by atoms with Crippen molar-refractivity contribution in [2.75, 3.05) is 0 Å². The second-order valence-corrected chi connectivity index (χ2v) is 3.65. The maximum Gasteiger partial charge on any atom is 0.420 e. The van der Waals surface area contributed by atoms with Crippen LogP contribution in [0.25, 0.3) is 0 Å². The van der Waals surface area contributed by atoms with Crippen molar-refractivity contribution < 1.29 is 17.9 Å². The van der Waals surface area contributed by atoms with Crippen molar-refractivity contribution in [3.8, 4) is 5.75 Å². The molecule has 1 aromatic rings. The van der Waals surface area contributed by atoms with Crippen LogP contribution in [-0.4, -0.2) is 11.1 Å². The van der Waals surface area contributed by atoms with Gasteiger partial charge in [0.1, 0.15) is 5.56 Å². The molecule has 0 spiro atoms. The molecule has 1 aliphatic rings. The predicted octanol–water partition coefficient (Wildman–Crippen LogP) is 3.30. The maximum absolute atomic E-state index is 12.5. The highest BCUT2D eigenvalue weighted by molar-refractivity contribution is 6.30. The minimum Gasteiger partial charge on any atom is -0.487 e. The molecular formula is C9H7ClF3NO. The molecular weight excluding hydrogens is 231 g/mol. The van der Waals surface area contributed by atoms with E-state index in [1.165, 1.54) is 0 Å². The molecule has 1 aliphatic carbocycles. The molecule has 0 radical (unpaired) electrons. The molecule has 2 rings (SSSR count). The minimum atomic E-state index is -4.46. The van der Waals surface area contributed by atoms with E-state index in [1.54, 1.807) is 0 Å². The maximum atomic E-state index is 12.5. The van der Waals surface area contributed by atoms with Crippen LogP contribution < -0.4 is 4.74 Å². The number of nitrogens with zero attached hydrogens (tertiary/aromatic N) is 1. The summed E-state index contributed by atoms with van der Waals surface area (Å²) >= 11 is 5.57. The van der Waals surface area contributed by atoms with E-state index in [0.717, 1.165) is 25.1 Å². The van der Waals surface area contributed by atoms with Crippen LogP contribution in [0.15, 0.2) is 12.3 Å². The number of hydrogen-bond donors (Lipinski definition) is 0. The summed E-state index contributed by atoms with van der Waals surface area (Å²) in [6.45, 7) is 0. The van der Waals surface area contributed by atoms with E-state index < -0.39 is 11.7 Å². The van der Waals surface area contributed by atoms with Crippen LogP contribution in [-0.2, 0) is 6.18 Å². The van der Waals surface area contributed by atoms with Gasteiger partial charge in [0.25, 0.3) is 0 Å². The Balaban J connectivity index is 2.38. The molecule has 0 saturated heterocycles. The molecule has 1 heterocycles. The van der Waals surface area contributed by atoms with E-state index in [2.05, 4.69) is 4.98 Å². The van der Waals surface area contributed by atoms with E-state index >= 15 is 0 Å². The first kappa shape index (κ1) is 10.5. The van der Waals surface area contributed by atoms with Gasteiger partial charge in [-0.3, -0.25) is 0 Å². The molecule has 82 valence electrons. The summed E-state index contributed by atoms with van der Waals surface area (Å²) in [4.78, 5) is 3.57. The molecule has 0 N–H and O–H groups in total. The van der Waals surface area contributed by atoms with Crippen molar-refractivity contribution in [3.63, 3.8) is 0 Å². The monoisotopic (exact) mass is 237 g/mol. The van der Waals surface area contributed by atoms with Crippen LogP contribution in [0, 0.1) is 0 Å². The topological polar surface area (TPSA) is 22.1 Å². The molecule has 0 atom stereocenters. The molecule has 0 unspecified atom stereocenters. The average Bonchev–Trinajstić information content (AvgIpc) is 2.90. The Kier molecular flexibility index (Phi) is 2.50. The van der Waals surface area contributed by atoms with Gasteiger partial charge >= 0.3 is 6.18 Å². The molecule has 0 aromatic carbocycles. The number of alkyl halides is 3. The smallest absolute Gasteiger partial charge is 0.420 e. The van der Waals surface area contributed by atoms with Crippen LogP contribution in [0.5, 0.6) is 5.75 Å². The lowest BCUT2D eigenvalue weighted by atomic mass is 10.2. The van der Waals surface area contributed by atoms with Crippen molar-refractivity contribution in [3.05, 3.63) is 23.0 Å². The van der Waals surface area contributed by atoms with Crippen LogP contribution >= 0.6 is 11.6 Å². The van der Waals surface area contributed by atoms with E-state index in [4.69, 9.17) is 16.3 Å². The number of pyridine rings is 1. The molecule has 0 amide bonds. The Labute approximate surface area is 89.0 Å². The van der Waals surface area contributed by atoms with Gasteiger partial charge in [-0.05, 0) is 18.9 Å². The van der Waals surface area contributed by atoms with Gasteiger partial charge in [-0.1, -0.05) is 11.6 Å². The van der Waals surface area contributed by atoms with Crippen LogP contribution in [0.1, 0.15) is 18.4 Å². The summed E-state index contributed by atoms with van der Waals surface area (Å²) in [5.41, 5.74) is -0.866. The van der Waals surface area contributed by atoms with Crippen molar-refractivity contribution in [1.82, 2.24) is 4.98 Å². The normalized spacial score (nSPS) is 16.5. The highest BCUT2D eigenvalue weighted by Crippen LogP contribution is 2.41. The fourth-order valence-electron chi connectivity index (χ4n) is 1.11. The highest BCUT2D eigenvalue weighted by atomic mass is 35.5. The Morgan fingerprint density at radius 2 is 2.07 bits per heavy atom. The lowest BCUT2D eigenvalue weighted by Gasteiger charge is -2.13. The molecule has 6 heteroatoms. The fraction of sp³-hybridized carbons (Fsp3) is 0.444. The largest absolute Gasteiger partial charge is 0.487 e. The van der Waals surface area contributed by atoms with E-state index in [1.807, 2.05) is 0 Å². The number of ether oxygens (including phenoxy) is 1. The van der Waals surface area contributed by atoms with Crippen molar-refractivity contribution >= 4 is 11.6 Å². The molecule has 1 aromatic heterocycles. The Bertz CT molecular complexity index is 376. The zero-order valence-electron chi connectivity index (χ0n) is 7.51. The number of aromatic nitrogens is 1. The molecule has 0 aliphatic heterocycles. The Morgan fingerprint density at radius 3 is 2.60 bits per heavy atom. The van der Waals surface area contributed by atoms with Gasteiger partial charge in [0, 0.05) is 6.20 Å². The SMILES string of the molecule is FC(F)(F)c1ccnc(Cl)c1OC1CC1. The van der Waals surface area contributed by atoms with Crippen LogP contribution in [0.4, 0.5) is 13.2 Å². The Hall–Kier alpha value is -0.970. The zero-order chi connectivity index (χ0) is 11.1. The fourth-order valence-corrected chi connectivity index (χ4v) is 1.31. The average molecular weight is 238 g/mol. The third kappa shape index (κ3) is 2.34. The minimum absolute atomic E-state index is 0.146. The van der Waals surface area contributed by atoms with E-state index in [0.29, 0.717) is 0 Å². The number of hydrogen-bond acceptors (Lipinski definition) is 2. The van der Waals surface area contributed by atoms with Crippen molar-refractivity contribution in [1.29, 1.82) is 0 Å². The second-order valence-electron chi connectivity index (χ2n) is 3.29. The first-order chi connectivity index (χ1) is 6.98. The van der Waals surface area contributed by atoms with Gasteiger partial charge in [-0.15, -0.1) is 0 Å². The van der Waals surface area contributed by atoms with Gasteiger partial charge in [0.2, 0.25) is 0 Å². The number of rotatable bonds is 2. The third-order valence-electron chi connectivity index (χ3n) is 1.98. The quantitative estimate of drug-likeness (QED) is 0.737. The lowest BCUT2D eigenvalue weighted by Crippen LogP contribution is -2.10. The van der Waals surface area contributed by atoms with Gasteiger partial charge < -0.3 is 4.74 Å². The third-order valence-corrected chi connectivity index (χ3v) is 2.24. The Morgan fingerprint density at radius 1 is 1.40 bits per heavy atom. The first-order valence-electron chi connectivity index (χ1n) is 4.37. The molecule has 15 heavy (non-hydrogen) atoms. The summed E-state index contributed by atoms with van der Waals surface area (Å²) in [5.74, 6) is -0.353. The molecule has 0 bridgehead atoms. The van der Waals surface area contributed by atoms with Gasteiger partial charge in [-0.2, -0.15) is 13.2 Å². The van der Waals surface area contributed by atoms with E-state index in [-0.39, 0.29) is 17.0 Å². The van der Waals surface area contributed by atoms with Crippen LogP contribution in [0.2, 0.25) is 5.15 Å². The summed E-state index contributed by atoms with van der Waals surface area (Å²) in [5, 5.41) is -0.239. The summed E-state index contributed by atoms with van der Waals surface area (Å²) in [7, 11) is 0. The number of halogens is 4. The second kappa shape index (κ2) is 3.56. The van der Waals surface area contributed by atoms with Gasteiger partial charge in [0.05, 0.1) is 6.10 Å². The molecule has 1 saturated carbocycles. The van der Waals surface area contributed by atoms with E-state index in [9.17, 15) is 13.2 Å². The standard InChI is InChI=1S/C9H7ClF3NO/c10-8-7(15-5-1-2-5)6(3-4-14-8)9(11,12)13/h3-5H,1-2H2. The zero-order valence-corrected chi connectivity index (χ0v) is 8.27.